The van der Waals surface area contributed by atoms with Crippen molar-refractivity contribution in [3.63, 3.8) is 0 Å². The van der Waals surface area contributed by atoms with Gasteiger partial charge in [0.25, 0.3) is 5.56 Å². The van der Waals surface area contributed by atoms with E-state index in [1.54, 1.807) is 11.0 Å². The molecule has 0 radical (unpaired) electrons. The van der Waals surface area contributed by atoms with Crippen molar-refractivity contribution in [3.8, 4) is 5.75 Å². The van der Waals surface area contributed by atoms with Crippen molar-refractivity contribution in [2.75, 3.05) is 32.8 Å². The summed E-state index contributed by atoms with van der Waals surface area (Å²) in [7, 11) is 0. The maximum absolute atomic E-state index is 12.4. The highest BCUT2D eigenvalue weighted by Gasteiger charge is 2.24. The van der Waals surface area contributed by atoms with Gasteiger partial charge in [-0.2, -0.15) is 9.61 Å². The van der Waals surface area contributed by atoms with Gasteiger partial charge in [-0.05, 0) is 30.2 Å². The van der Waals surface area contributed by atoms with Crippen molar-refractivity contribution >= 4 is 16.3 Å². The van der Waals surface area contributed by atoms with Crippen molar-refractivity contribution in [3.05, 3.63) is 56.4 Å². The molecule has 0 saturated carbocycles. The maximum atomic E-state index is 12.4. The van der Waals surface area contributed by atoms with E-state index in [0.29, 0.717) is 4.96 Å². The molecule has 29 heavy (non-hydrogen) atoms. The van der Waals surface area contributed by atoms with Gasteiger partial charge in [-0.1, -0.05) is 18.3 Å². The molecule has 7 nitrogen and oxygen atoms in total. The fraction of sp³-hybridized carbons (Fsp3) is 0.476. The highest BCUT2D eigenvalue weighted by molar-refractivity contribution is 7.16. The Balaban J connectivity index is 1.20. The molecule has 0 unspecified atom stereocenters. The molecule has 0 aliphatic carbocycles. The van der Waals surface area contributed by atoms with E-state index < -0.39 is 0 Å². The van der Waals surface area contributed by atoms with E-state index in [2.05, 4.69) is 23.3 Å². The van der Waals surface area contributed by atoms with Crippen molar-refractivity contribution in [1.82, 2.24) is 14.6 Å². The van der Waals surface area contributed by atoms with E-state index >= 15 is 0 Å². The first-order valence-corrected chi connectivity index (χ1v) is 11.3. The van der Waals surface area contributed by atoms with Crippen LogP contribution in [-0.4, -0.2) is 47.4 Å². The van der Waals surface area contributed by atoms with Crippen LogP contribution in [0.1, 0.15) is 28.8 Å². The second-order valence-electron chi connectivity index (χ2n) is 8.02. The number of aryl methyl sites for hydroxylation is 1. The number of aromatic nitrogens is 3. The van der Waals surface area contributed by atoms with Gasteiger partial charge in [-0.25, -0.2) is 4.98 Å². The number of hydrogen-bond acceptors (Lipinski definition) is 5. The van der Waals surface area contributed by atoms with Gasteiger partial charge in [0.15, 0.2) is 0 Å². The molecule has 5 rings (SSSR count). The van der Waals surface area contributed by atoms with Gasteiger partial charge in [0.2, 0.25) is 4.96 Å². The number of benzene rings is 1. The highest BCUT2D eigenvalue weighted by atomic mass is 32.1. The maximum Gasteiger partial charge on any atom is 0.275 e. The van der Waals surface area contributed by atoms with Crippen LogP contribution in [0.15, 0.2) is 29.1 Å². The summed E-state index contributed by atoms with van der Waals surface area (Å²) in [5.74, 6) is 1.06. The second kappa shape index (κ2) is 7.85. The van der Waals surface area contributed by atoms with Gasteiger partial charge in [0.05, 0.1) is 6.61 Å². The van der Waals surface area contributed by atoms with Crippen molar-refractivity contribution < 1.29 is 14.5 Å². The van der Waals surface area contributed by atoms with E-state index in [-0.39, 0.29) is 5.56 Å². The molecule has 0 bridgehead atoms. The van der Waals surface area contributed by atoms with Crippen LogP contribution in [0.5, 0.6) is 5.75 Å². The lowest BCUT2D eigenvalue weighted by Gasteiger charge is -2.29. The first-order chi connectivity index (χ1) is 14.2. The molecule has 2 aliphatic rings. The predicted molar refractivity (Wildman–Crippen MR) is 111 cm³/mol. The van der Waals surface area contributed by atoms with Gasteiger partial charge < -0.3 is 14.5 Å². The smallest absolute Gasteiger partial charge is 0.275 e. The lowest BCUT2D eigenvalue weighted by molar-refractivity contribution is -1.02. The molecule has 1 saturated heterocycles. The van der Waals surface area contributed by atoms with Crippen LogP contribution in [0.25, 0.3) is 4.96 Å². The zero-order valence-electron chi connectivity index (χ0n) is 16.7. The summed E-state index contributed by atoms with van der Waals surface area (Å²) in [4.78, 5) is 20.9. The Morgan fingerprint density at radius 1 is 1.14 bits per heavy atom. The largest absolute Gasteiger partial charge is 0.493 e. The summed E-state index contributed by atoms with van der Waals surface area (Å²) < 4.78 is 7.05. The average Bonchev–Trinajstić information content (AvgIpc) is 3.36. The Kier molecular flexibility index (Phi) is 5.07. The normalized spacial score (nSPS) is 21.3. The van der Waals surface area contributed by atoms with E-state index in [1.165, 1.54) is 31.9 Å². The van der Waals surface area contributed by atoms with Gasteiger partial charge in [-0.15, -0.1) is 0 Å². The third-order valence-electron chi connectivity index (χ3n) is 5.95. The molecular formula is C21H27N5O2S+2. The fourth-order valence-corrected chi connectivity index (χ4v) is 5.19. The first kappa shape index (κ1) is 18.7. The van der Waals surface area contributed by atoms with E-state index in [0.717, 1.165) is 75.2 Å². The van der Waals surface area contributed by atoms with Gasteiger partial charge in [0.1, 0.15) is 55.7 Å². The van der Waals surface area contributed by atoms with Crippen LogP contribution in [0.4, 0.5) is 0 Å². The van der Waals surface area contributed by atoms with E-state index in [4.69, 9.17) is 9.72 Å². The first-order valence-electron chi connectivity index (χ1n) is 10.5. The Bertz CT molecular complexity index is 1080. The molecule has 3 aromatic rings. The van der Waals surface area contributed by atoms with Crippen LogP contribution in [-0.2, 0) is 25.9 Å². The van der Waals surface area contributed by atoms with E-state index in [1.807, 2.05) is 6.92 Å². The molecule has 1 fully saturated rings. The summed E-state index contributed by atoms with van der Waals surface area (Å²) >= 11 is 1.52. The monoisotopic (exact) mass is 413 g/mol. The standard InChI is InChI=1S/C21H25N5O2S/c1-2-19-23-26-20(27)12-17(22-21(26)29-19)14-25-8-6-24(7-9-25)13-15-3-4-18-16(11-15)5-10-28-18/h3-4,11-12H,2,5-10,13-14H2,1H3/p+2. The lowest BCUT2D eigenvalue weighted by atomic mass is 10.1. The summed E-state index contributed by atoms with van der Waals surface area (Å²) in [6.07, 6.45) is 1.86. The molecule has 2 aliphatic heterocycles. The van der Waals surface area contributed by atoms with Crippen LogP contribution < -0.4 is 20.1 Å². The molecule has 0 spiro atoms. The van der Waals surface area contributed by atoms with Crippen LogP contribution in [0.3, 0.4) is 0 Å². The number of quaternary nitrogens is 2. The predicted octanol–water partition coefficient (Wildman–Crippen LogP) is -0.868. The van der Waals surface area contributed by atoms with E-state index in [9.17, 15) is 4.79 Å². The Labute approximate surface area is 173 Å². The zero-order chi connectivity index (χ0) is 19.8. The van der Waals surface area contributed by atoms with Gasteiger partial charge >= 0.3 is 0 Å². The number of nitrogens with one attached hydrogen (secondary N) is 2. The minimum Gasteiger partial charge on any atom is -0.493 e. The van der Waals surface area contributed by atoms with Crippen LogP contribution in [0, 0.1) is 0 Å². The number of nitrogens with zero attached hydrogens (tertiary/aromatic N) is 3. The summed E-state index contributed by atoms with van der Waals surface area (Å²) in [6.45, 7) is 9.25. The van der Waals surface area contributed by atoms with Crippen LogP contribution in [0.2, 0.25) is 0 Å². The van der Waals surface area contributed by atoms with Gasteiger partial charge in [0, 0.05) is 18.1 Å². The third kappa shape index (κ3) is 3.92. The Morgan fingerprint density at radius 3 is 2.72 bits per heavy atom. The summed E-state index contributed by atoms with van der Waals surface area (Å²) in [5.41, 5.74) is 3.58. The summed E-state index contributed by atoms with van der Waals surface area (Å²) in [6, 6.07) is 8.32. The molecular weight excluding hydrogens is 386 g/mol. The second-order valence-corrected chi connectivity index (χ2v) is 9.06. The van der Waals surface area contributed by atoms with Crippen molar-refractivity contribution in [1.29, 1.82) is 0 Å². The SMILES string of the molecule is CCc1nn2c(=O)cc(C[NH+]3CC[NH+](Cc4ccc5c(c4)CCO5)CC3)nc2s1. The Hall–Kier alpha value is -2.29. The van der Waals surface area contributed by atoms with Crippen LogP contribution >= 0.6 is 11.3 Å². The third-order valence-corrected chi connectivity index (χ3v) is 7.00. The van der Waals surface area contributed by atoms with Crippen molar-refractivity contribution in [2.24, 2.45) is 0 Å². The molecule has 1 aromatic carbocycles. The average molecular weight is 414 g/mol. The molecule has 0 atom stereocenters. The minimum atomic E-state index is -0.0646. The molecule has 0 amide bonds. The topological polar surface area (TPSA) is 65.4 Å². The molecule has 2 N–H and O–H groups in total. The lowest BCUT2D eigenvalue weighted by Crippen LogP contribution is -3.27. The Morgan fingerprint density at radius 2 is 1.93 bits per heavy atom. The summed E-state index contributed by atoms with van der Waals surface area (Å²) in [5, 5.41) is 5.29. The minimum absolute atomic E-state index is 0.0646. The zero-order valence-corrected chi connectivity index (χ0v) is 17.6. The fourth-order valence-electron chi connectivity index (χ4n) is 4.33. The highest BCUT2D eigenvalue weighted by Crippen LogP contribution is 2.25. The van der Waals surface area contributed by atoms with Crippen molar-refractivity contribution in [2.45, 2.75) is 32.9 Å². The number of hydrogen-bond donors (Lipinski definition) is 2. The number of fused-ring (bicyclic) bond motifs is 2. The molecule has 4 heterocycles. The number of ether oxygens (including phenoxy) is 1. The van der Waals surface area contributed by atoms with Gasteiger partial charge in [-0.3, -0.25) is 4.79 Å². The molecule has 2 aromatic heterocycles. The quantitative estimate of drug-likeness (QED) is 0.571. The number of rotatable bonds is 5. The molecule has 152 valence electrons. The number of piperazine rings is 1. The molecule has 8 heteroatoms.